The Morgan fingerprint density at radius 2 is 1.69 bits per heavy atom. The number of nitrogens with zero attached hydrogens (tertiary/aromatic N) is 1. The lowest BCUT2D eigenvalue weighted by Gasteiger charge is -2.39. The lowest BCUT2D eigenvalue weighted by molar-refractivity contribution is -0.155. The van der Waals surface area contributed by atoms with Gasteiger partial charge < -0.3 is 20.1 Å². The van der Waals surface area contributed by atoms with Gasteiger partial charge in [0.2, 0.25) is 5.91 Å². The molecule has 2 aromatic carbocycles. The molecule has 2 amide bonds. The van der Waals surface area contributed by atoms with Crippen LogP contribution in [0.3, 0.4) is 0 Å². The zero-order valence-electron chi connectivity index (χ0n) is 19.6. The van der Waals surface area contributed by atoms with Crippen molar-refractivity contribution < 1.29 is 24.2 Å². The van der Waals surface area contributed by atoms with Crippen molar-refractivity contribution in [1.82, 2.24) is 10.2 Å². The number of alkyl carbamates (subject to hydrolysis) is 1. The Hall–Kier alpha value is -3.35. The molecule has 2 aromatic rings. The van der Waals surface area contributed by atoms with Crippen LogP contribution in [0.15, 0.2) is 48.5 Å². The first-order chi connectivity index (χ1) is 17.0. The third-order valence-electron chi connectivity index (χ3n) is 8.52. The fraction of sp³-hybridized carbons (Fsp3) is 0.464. The number of hydrogen-bond acceptors (Lipinski definition) is 4. The zero-order chi connectivity index (χ0) is 24.2. The number of piperidine rings is 1. The molecular weight excluding hydrogens is 444 g/mol. The van der Waals surface area contributed by atoms with Crippen LogP contribution in [0.5, 0.6) is 0 Å². The predicted octanol–water partition coefficient (Wildman–Crippen LogP) is 4.16. The molecule has 0 radical (unpaired) electrons. The Morgan fingerprint density at radius 1 is 1.03 bits per heavy atom. The maximum Gasteiger partial charge on any atom is 0.407 e. The molecule has 0 spiro atoms. The highest BCUT2D eigenvalue weighted by Crippen LogP contribution is 2.54. The van der Waals surface area contributed by atoms with E-state index in [2.05, 4.69) is 29.6 Å². The molecular formula is C28H30N2O5. The molecule has 2 atom stereocenters. The van der Waals surface area contributed by atoms with Crippen molar-refractivity contribution in [3.8, 4) is 11.1 Å². The number of fused-ring (bicyclic) bond motifs is 4. The van der Waals surface area contributed by atoms with Crippen LogP contribution in [0, 0.1) is 11.8 Å². The van der Waals surface area contributed by atoms with E-state index in [1.807, 2.05) is 24.3 Å². The predicted molar refractivity (Wildman–Crippen MR) is 129 cm³/mol. The summed E-state index contributed by atoms with van der Waals surface area (Å²) in [7, 11) is 0. The second-order valence-electron chi connectivity index (χ2n) is 10.5. The summed E-state index contributed by atoms with van der Waals surface area (Å²) in [5.41, 5.74) is 3.80. The minimum Gasteiger partial charge on any atom is -0.479 e. The molecule has 6 rings (SSSR count). The van der Waals surface area contributed by atoms with Crippen molar-refractivity contribution in [2.45, 2.75) is 56.0 Å². The van der Waals surface area contributed by atoms with E-state index < -0.39 is 17.6 Å². The van der Waals surface area contributed by atoms with Crippen LogP contribution in [0.2, 0.25) is 0 Å². The second-order valence-corrected chi connectivity index (χ2v) is 10.5. The first-order valence-electron chi connectivity index (χ1n) is 12.6. The summed E-state index contributed by atoms with van der Waals surface area (Å²) in [5.74, 6) is -0.608. The fourth-order valence-corrected chi connectivity index (χ4v) is 6.59. The monoisotopic (exact) mass is 474 g/mol. The number of rotatable bonds is 6. The minimum absolute atomic E-state index is 0.00749. The average molecular weight is 475 g/mol. The Bertz CT molecular complexity index is 1140. The smallest absolute Gasteiger partial charge is 0.407 e. The first kappa shape index (κ1) is 22.1. The number of carbonyl (C=O) groups is 3. The maximum absolute atomic E-state index is 12.9. The molecule has 0 bridgehead atoms. The quantitative estimate of drug-likeness (QED) is 0.656. The molecule has 4 aliphatic rings. The SMILES string of the molecule is O=C(NC1CC(CC(=O)N2CCC[C@@H]3C[C@@]32C(=O)O)C1)OCC1c2ccccc2-c2ccccc21. The van der Waals surface area contributed by atoms with Gasteiger partial charge in [0.15, 0.2) is 0 Å². The van der Waals surface area contributed by atoms with Crippen LogP contribution in [-0.4, -0.2) is 52.7 Å². The van der Waals surface area contributed by atoms with E-state index in [4.69, 9.17) is 4.74 Å². The van der Waals surface area contributed by atoms with Crippen LogP contribution in [0.25, 0.3) is 11.1 Å². The number of nitrogens with one attached hydrogen (secondary N) is 1. The second kappa shape index (κ2) is 8.40. The summed E-state index contributed by atoms with van der Waals surface area (Å²) in [6.45, 7) is 0.817. The summed E-state index contributed by atoms with van der Waals surface area (Å²) >= 11 is 0. The number of benzene rings is 2. The van der Waals surface area contributed by atoms with Gasteiger partial charge in [-0.25, -0.2) is 9.59 Å². The minimum atomic E-state index is -0.946. The van der Waals surface area contributed by atoms with E-state index in [-0.39, 0.29) is 36.3 Å². The third-order valence-corrected chi connectivity index (χ3v) is 8.52. The van der Waals surface area contributed by atoms with E-state index in [9.17, 15) is 19.5 Å². The Kier molecular flexibility index (Phi) is 5.31. The molecule has 2 saturated carbocycles. The highest BCUT2D eigenvalue weighted by Gasteiger charge is 2.66. The molecule has 1 aliphatic heterocycles. The molecule has 7 heteroatoms. The summed E-state index contributed by atoms with van der Waals surface area (Å²) in [6, 6.07) is 16.5. The van der Waals surface area contributed by atoms with Crippen molar-refractivity contribution >= 4 is 18.0 Å². The molecule has 7 nitrogen and oxygen atoms in total. The van der Waals surface area contributed by atoms with E-state index in [1.165, 1.54) is 22.3 Å². The fourth-order valence-electron chi connectivity index (χ4n) is 6.59. The van der Waals surface area contributed by atoms with Gasteiger partial charge in [-0.15, -0.1) is 0 Å². The average Bonchev–Trinajstić information content (AvgIpc) is 3.52. The zero-order valence-corrected chi connectivity index (χ0v) is 19.6. The molecule has 1 saturated heterocycles. The number of carbonyl (C=O) groups excluding carboxylic acids is 2. The lowest BCUT2D eigenvalue weighted by atomic mass is 9.78. The van der Waals surface area contributed by atoms with Gasteiger partial charge in [-0.05, 0) is 66.2 Å². The lowest BCUT2D eigenvalue weighted by Crippen LogP contribution is -2.53. The number of likely N-dealkylation sites (tertiary alicyclic amines) is 1. The summed E-state index contributed by atoms with van der Waals surface area (Å²) in [4.78, 5) is 38.8. The van der Waals surface area contributed by atoms with Gasteiger partial charge in [-0.1, -0.05) is 48.5 Å². The number of carboxylic acids is 1. The van der Waals surface area contributed by atoms with Crippen molar-refractivity contribution in [2.24, 2.45) is 11.8 Å². The van der Waals surface area contributed by atoms with E-state index >= 15 is 0 Å². The standard InChI is InChI=1S/C28H30N2O5/c31-25(30-11-5-6-18-15-28(18,30)26(32)33)14-17-12-19(13-17)29-27(34)35-16-24-22-9-3-1-7-20(22)21-8-2-4-10-23(21)24/h1-4,7-10,17-19,24H,5-6,11-16H2,(H,29,34)(H,32,33)/t17?,18-,19?,28+/m1/s1. The van der Waals surface area contributed by atoms with E-state index in [1.54, 1.807) is 4.90 Å². The van der Waals surface area contributed by atoms with E-state index in [0.717, 1.165) is 12.8 Å². The summed E-state index contributed by atoms with van der Waals surface area (Å²) < 4.78 is 5.63. The van der Waals surface area contributed by atoms with E-state index in [0.29, 0.717) is 32.2 Å². The van der Waals surface area contributed by atoms with Gasteiger partial charge in [-0.2, -0.15) is 0 Å². The Balaban J connectivity index is 0.987. The molecule has 3 aliphatic carbocycles. The van der Waals surface area contributed by atoms with Crippen molar-refractivity contribution in [1.29, 1.82) is 0 Å². The topological polar surface area (TPSA) is 95.9 Å². The molecule has 0 aromatic heterocycles. The number of amides is 2. The normalized spacial score (nSPS) is 28.2. The van der Waals surface area contributed by atoms with Gasteiger partial charge in [-0.3, -0.25) is 4.79 Å². The van der Waals surface area contributed by atoms with Gasteiger partial charge >= 0.3 is 12.1 Å². The number of aliphatic carboxylic acids is 1. The van der Waals surface area contributed by atoms with Crippen LogP contribution in [0.4, 0.5) is 4.79 Å². The van der Waals surface area contributed by atoms with Crippen LogP contribution >= 0.6 is 0 Å². The molecule has 2 N–H and O–H groups in total. The first-order valence-corrected chi connectivity index (χ1v) is 12.6. The maximum atomic E-state index is 12.9. The number of hydrogen-bond donors (Lipinski definition) is 2. The molecule has 1 heterocycles. The largest absolute Gasteiger partial charge is 0.479 e. The third kappa shape index (κ3) is 3.68. The Labute approximate surface area is 204 Å². The van der Waals surface area contributed by atoms with Crippen LogP contribution < -0.4 is 5.32 Å². The highest BCUT2D eigenvalue weighted by atomic mass is 16.5. The Morgan fingerprint density at radius 3 is 2.34 bits per heavy atom. The molecule has 182 valence electrons. The van der Waals surface area contributed by atoms with Crippen molar-refractivity contribution in [3.05, 3.63) is 59.7 Å². The molecule has 0 unspecified atom stereocenters. The number of ether oxygens (including phenoxy) is 1. The van der Waals surface area contributed by atoms with Crippen molar-refractivity contribution in [3.63, 3.8) is 0 Å². The molecule has 35 heavy (non-hydrogen) atoms. The highest BCUT2D eigenvalue weighted by molar-refractivity contribution is 5.90. The van der Waals surface area contributed by atoms with Gasteiger partial charge in [0.05, 0.1) is 0 Å². The van der Waals surface area contributed by atoms with Gasteiger partial charge in [0, 0.05) is 24.9 Å². The van der Waals surface area contributed by atoms with Crippen LogP contribution in [-0.2, 0) is 14.3 Å². The van der Waals surface area contributed by atoms with Gasteiger partial charge in [0.25, 0.3) is 0 Å². The summed E-state index contributed by atoms with van der Waals surface area (Å²) in [5, 5.41) is 12.6. The summed E-state index contributed by atoms with van der Waals surface area (Å²) in [6.07, 6.45) is 3.71. The molecule has 3 fully saturated rings. The number of carboxylic acid groups (broad SMARTS) is 1. The van der Waals surface area contributed by atoms with Gasteiger partial charge in [0.1, 0.15) is 12.1 Å². The van der Waals surface area contributed by atoms with Crippen molar-refractivity contribution in [2.75, 3.05) is 13.2 Å². The van der Waals surface area contributed by atoms with Crippen LogP contribution in [0.1, 0.15) is 55.6 Å².